The van der Waals surface area contributed by atoms with Crippen LogP contribution in [0.5, 0.6) is 0 Å². The summed E-state index contributed by atoms with van der Waals surface area (Å²) in [7, 11) is -3.94. The van der Waals surface area contributed by atoms with Gasteiger partial charge in [-0.05, 0) is 30.9 Å². The van der Waals surface area contributed by atoms with Crippen LogP contribution >= 0.6 is 12.4 Å². The van der Waals surface area contributed by atoms with Gasteiger partial charge in [-0.3, -0.25) is 4.79 Å². The quantitative estimate of drug-likeness (QED) is 0.728. The molecule has 1 aromatic rings. The van der Waals surface area contributed by atoms with Gasteiger partial charge in [0.25, 0.3) is 15.9 Å². The van der Waals surface area contributed by atoms with Crippen molar-refractivity contribution in [1.29, 1.82) is 0 Å². The maximum atomic E-state index is 12.1. The van der Waals surface area contributed by atoms with Crippen molar-refractivity contribution in [3.8, 4) is 0 Å². The second kappa shape index (κ2) is 7.96. The number of hydrogen-bond donors (Lipinski definition) is 3. The number of sulfonamides is 1. The third-order valence-electron chi connectivity index (χ3n) is 3.87. The van der Waals surface area contributed by atoms with Crippen LogP contribution in [0.3, 0.4) is 0 Å². The van der Waals surface area contributed by atoms with Crippen LogP contribution in [-0.2, 0) is 10.0 Å². The third-order valence-corrected chi connectivity index (χ3v) is 4.66. The fourth-order valence-corrected chi connectivity index (χ4v) is 3.20. The summed E-state index contributed by atoms with van der Waals surface area (Å²) in [5.74, 6) is -0.181. The normalized spacial score (nSPS) is 17.5. The number of primary sulfonamides is 1. The van der Waals surface area contributed by atoms with Gasteiger partial charge in [-0.1, -0.05) is 19.3 Å². The van der Waals surface area contributed by atoms with E-state index in [4.69, 9.17) is 15.3 Å². The Morgan fingerprint density at radius 3 is 2.45 bits per heavy atom. The minimum atomic E-state index is -3.94. The minimum absolute atomic E-state index is 0. The van der Waals surface area contributed by atoms with Gasteiger partial charge in [-0.25, -0.2) is 13.6 Å². The van der Waals surface area contributed by atoms with E-state index in [1.165, 1.54) is 18.6 Å². The lowest BCUT2D eigenvalue weighted by atomic mass is 9.84. The van der Waals surface area contributed by atoms with Crippen molar-refractivity contribution in [3.05, 3.63) is 17.9 Å². The Morgan fingerprint density at radius 1 is 1.32 bits per heavy atom. The van der Waals surface area contributed by atoms with Crippen molar-refractivity contribution < 1.29 is 17.6 Å². The number of carbonyl (C=O) groups excluding carboxylic acids is 1. The zero-order valence-electron chi connectivity index (χ0n) is 12.2. The van der Waals surface area contributed by atoms with E-state index in [0.717, 1.165) is 25.7 Å². The van der Waals surface area contributed by atoms with Crippen LogP contribution in [-0.4, -0.2) is 26.9 Å². The molecule has 1 amide bonds. The summed E-state index contributed by atoms with van der Waals surface area (Å²) in [5, 5.41) is 7.34. The first kappa shape index (κ1) is 19.0. The fraction of sp³-hybridized carbons (Fsp3) is 0.615. The molecule has 1 fully saturated rings. The summed E-state index contributed by atoms with van der Waals surface area (Å²) in [6.07, 6.45) is 5.60. The average molecular weight is 352 g/mol. The molecule has 1 unspecified atom stereocenters. The summed E-state index contributed by atoms with van der Waals surface area (Å²) >= 11 is 0. The topological polar surface area (TPSA) is 128 Å². The SMILES string of the molecule is Cl.NCC(NC(=O)c1ccc(S(N)(=O)=O)o1)C1CCCCC1. The van der Waals surface area contributed by atoms with Gasteiger partial charge >= 0.3 is 0 Å². The Bertz CT molecular complexity index is 596. The van der Waals surface area contributed by atoms with Gasteiger partial charge in [-0.2, -0.15) is 0 Å². The zero-order valence-corrected chi connectivity index (χ0v) is 13.8. The highest BCUT2D eigenvalue weighted by Crippen LogP contribution is 2.26. The fourth-order valence-electron chi connectivity index (χ4n) is 2.74. The van der Waals surface area contributed by atoms with E-state index in [1.807, 2.05) is 0 Å². The highest BCUT2D eigenvalue weighted by Gasteiger charge is 2.26. The number of rotatable bonds is 5. The predicted octanol–water partition coefficient (Wildman–Crippen LogP) is 0.986. The van der Waals surface area contributed by atoms with Crippen LogP contribution in [0.2, 0.25) is 0 Å². The second-order valence-electron chi connectivity index (χ2n) is 5.38. The van der Waals surface area contributed by atoms with Crippen LogP contribution in [0.25, 0.3) is 0 Å². The lowest BCUT2D eigenvalue weighted by Crippen LogP contribution is -2.45. The van der Waals surface area contributed by atoms with E-state index >= 15 is 0 Å². The van der Waals surface area contributed by atoms with Crippen LogP contribution in [0, 0.1) is 5.92 Å². The zero-order chi connectivity index (χ0) is 15.5. The molecule has 2 rings (SSSR count). The van der Waals surface area contributed by atoms with Gasteiger partial charge in [0, 0.05) is 12.6 Å². The molecule has 0 bridgehead atoms. The molecular formula is C13H22ClN3O4S. The molecule has 7 nitrogen and oxygen atoms in total. The van der Waals surface area contributed by atoms with Gasteiger partial charge in [0.2, 0.25) is 5.09 Å². The van der Waals surface area contributed by atoms with Crippen LogP contribution in [0.4, 0.5) is 0 Å². The first-order valence-electron chi connectivity index (χ1n) is 7.05. The number of furan rings is 1. The monoisotopic (exact) mass is 351 g/mol. The lowest BCUT2D eigenvalue weighted by Gasteiger charge is -2.29. The van der Waals surface area contributed by atoms with Crippen molar-refractivity contribution in [2.24, 2.45) is 16.8 Å². The molecular weight excluding hydrogens is 330 g/mol. The number of carbonyl (C=O) groups is 1. The Balaban J connectivity index is 0.00000242. The van der Waals surface area contributed by atoms with Gasteiger partial charge in [0.15, 0.2) is 5.76 Å². The van der Waals surface area contributed by atoms with E-state index in [-0.39, 0.29) is 24.2 Å². The molecule has 1 atom stereocenters. The number of hydrogen-bond acceptors (Lipinski definition) is 5. The molecule has 0 aliphatic heterocycles. The Hall–Kier alpha value is -1.09. The molecule has 0 radical (unpaired) electrons. The molecule has 22 heavy (non-hydrogen) atoms. The molecule has 1 aliphatic rings. The van der Waals surface area contributed by atoms with Crippen LogP contribution < -0.4 is 16.2 Å². The van der Waals surface area contributed by atoms with E-state index in [9.17, 15) is 13.2 Å². The third kappa shape index (κ3) is 4.70. The summed E-state index contributed by atoms with van der Waals surface area (Å²) in [6, 6.07) is 2.34. The minimum Gasteiger partial charge on any atom is -0.438 e. The summed E-state index contributed by atoms with van der Waals surface area (Å²) in [5.41, 5.74) is 5.74. The summed E-state index contributed by atoms with van der Waals surface area (Å²) in [4.78, 5) is 12.1. The largest absolute Gasteiger partial charge is 0.438 e. The van der Waals surface area contributed by atoms with Gasteiger partial charge in [0.05, 0.1) is 0 Å². The smallest absolute Gasteiger partial charge is 0.287 e. The van der Waals surface area contributed by atoms with E-state index in [0.29, 0.717) is 12.5 Å². The van der Waals surface area contributed by atoms with Crippen LogP contribution in [0.1, 0.15) is 42.7 Å². The highest BCUT2D eigenvalue weighted by atomic mass is 35.5. The molecule has 1 aliphatic carbocycles. The maximum absolute atomic E-state index is 12.1. The van der Waals surface area contributed by atoms with Gasteiger partial charge < -0.3 is 15.5 Å². The van der Waals surface area contributed by atoms with Crippen LogP contribution in [0.15, 0.2) is 21.6 Å². The molecule has 0 spiro atoms. The standard InChI is InChI=1S/C13H21N3O4S.ClH/c14-8-10(9-4-2-1-3-5-9)16-13(17)11-6-7-12(20-11)21(15,18)19;/h6-7,9-10H,1-5,8,14H2,(H,16,17)(H2,15,18,19);1H. The molecule has 1 heterocycles. The van der Waals surface area contributed by atoms with Crippen molar-refractivity contribution in [2.45, 2.75) is 43.2 Å². The first-order valence-corrected chi connectivity index (χ1v) is 8.60. The molecule has 0 aromatic carbocycles. The molecule has 9 heteroatoms. The number of halogens is 1. The van der Waals surface area contributed by atoms with E-state index in [1.54, 1.807) is 0 Å². The molecule has 0 saturated heterocycles. The summed E-state index contributed by atoms with van der Waals surface area (Å²) < 4.78 is 27.2. The van der Waals surface area contributed by atoms with Crippen molar-refractivity contribution in [1.82, 2.24) is 5.32 Å². The lowest BCUT2D eigenvalue weighted by molar-refractivity contribution is 0.0882. The molecule has 1 saturated carbocycles. The van der Waals surface area contributed by atoms with Gasteiger partial charge in [-0.15, -0.1) is 12.4 Å². The van der Waals surface area contributed by atoms with Gasteiger partial charge in [0.1, 0.15) is 0 Å². The highest BCUT2D eigenvalue weighted by molar-refractivity contribution is 7.89. The second-order valence-corrected chi connectivity index (χ2v) is 6.87. The number of amides is 1. The van der Waals surface area contributed by atoms with Crippen molar-refractivity contribution >= 4 is 28.3 Å². The molecule has 126 valence electrons. The molecule has 1 aromatic heterocycles. The molecule has 5 N–H and O–H groups in total. The number of nitrogens with two attached hydrogens (primary N) is 2. The first-order chi connectivity index (χ1) is 9.91. The van der Waals surface area contributed by atoms with E-state index in [2.05, 4.69) is 5.32 Å². The number of nitrogens with one attached hydrogen (secondary N) is 1. The average Bonchev–Trinajstić information content (AvgIpc) is 2.95. The Kier molecular flexibility index (Phi) is 6.86. The van der Waals surface area contributed by atoms with Crippen molar-refractivity contribution in [3.63, 3.8) is 0 Å². The Morgan fingerprint density at radius 2 is 1.95 bits per heavy atom. The predicted molar refractivity (Wildman–Crippen MR) is 84.2 cm³/mol. The summed E-state index contributed by atoms with van der Waals surface area (Å²) in [6.45, 7) is 0.346. The maximum Gasteiger partial charge on any atom is 0.287 e. The van der Waals surface area contributed by atoms with Crippen molar-refractivity contribution in [2.75, 3.05) is 6.54 Å². The Labute approximate surface area is 136 Å². The van der Waals surface area contributed by atoms with E-state index < -0.39 is 21.0 Å².